The Morgan fingerprint density at radius 2 is 1.50 bits per heavy atom. The van der Waals surface area contributed by atoms with Gasteiger partial charge in [-0.3, -0.25) is 9.59 Å². The van der Waals surface area contributed by atoms with E-state index in [1.54, 1.807) is 24.3 Å². The quantitative estimate of drug-likeness (QED) is 0.447. The van der Waals surface area contributed by atoms with Crippen LogP contribution in [0.25, 0.3) is 0 Å². The molecule has 2 aliphatic rings. The van der Waals surface area contributed by atoms with E-state index in [-0.39, 0.29) is 33.3 Å². The number of fused-ring (bicyclic) bond motifs is 1. The first-order valence-electron chi connectivity index (χ1n) is 6.51. The van der Waals surface area contributed by atoms with E-state index in [2.05, 4.69) is 31.9 Å². The van der Waals surface area contributed by atoms with Gasteiger partial charge in [-0.25, -0.2) is 4.90 Å². The van der Waals surface area contributed by atoms with Crippen LogP contribution in [0.3, 0.4) is 0 Å². The third-order valence-corrected chi connectivity index (χ3v) is 6.82. The van der Waals surface area contributed by atoms with E-state index in [4.69, 9.17) is 5.73 Å². The van der Waals surface area contributed by atoms with Gasteiger partial charge in [0.05, 0.1) is 23.2 Å². The molecule has 2 N–H and O–H groups in total. The highest BCUT2D eigenvalue weighted by atomic mass is 79.9. The Balaban J connectivity index is 1.97. The third-order valence-electron chi connectivity index (χ3n) is 4.09. The maximum absolute atomic E-state index is 12.6. The number of benzene rings is 1. The van der Waals surface area contributed by atoms with Crippen molar-refractivity contribution in [2.24, 2.45) is 11.8 Å². The molecule has 4 nitrogen and oxygen atoms in total. The zero-order valence-electron chi connectivity index (χ0n) is 10.6. The Hall–Kier alpha value is -0.880. The van der Waals surface area contributed by atoms with Crippen LogP contribution in [0.1, 0.15) is 12.8 Å². The van der Waals surface area contributed by atoms with Crippen molar-refractivity contribution in [3.63, 3.8) is 0 Å². The van der Waals surface area contributed by atoms with Crippen LogP contribution in [0, 0.1) is 11.8 Å². The monoisotopic (exact) mass is 400 g/mol. The number of amides is 2. The van der Waals surface area contributed by atoms with Crippen molar-refractivity contribution >= 4 is 55.0 Å². The molecule has 20 heavy (non-hydrogen) atoms. The maximum atomic E-state index is 12.6. The van der Waals surface area contributed by atoms with Crippen molar-refractivity contribution in [2.45, 2.75) is 22.5 Å². The molecular formula is C14H14Br2N2O2. The van der Waals surface area contributed by atoms with Gasteiger partial charge in [0.15, 0.2) is 0 Å². The van der Waals surface area contributed by atoms with E-state index in [1.165, 1.54) is 4.90 Å². The highest BCUT2D eigenvalue weighted by Crippen LogP contribution is 2.45. The summed E-state index contributed by atoms with van der Waals surface area (Å²) in [5, 5.41) is 0. The molecule has 0 aromatic heterocycles. The second-order valence-corrected chi connectivity index (χ2v) is 7.64. The van der Waals surface area contributed by atoms with E-state index >= 15 is 0 Å². The highest BCUT2D eigenvalue weighted by Gasteiger charge is 2.52. The predicted octanol–water partition coefficient (Wildman–Crippen LogP) is 2.70. The lowest BCUT2D eigenvalue weighted by atomic mass is 9.81. The summed E-state index contributed by atoms with van der Waals surface area (Å²) in [5.74, 6) is -0.718. The lowest BCUT2D eigenvalue weighted by molar-refractivity contribution is -0.122. The average Bonchev–Trinajstić information content (AvgIpc) is 2.64. The van der Waals surface area contributed by atoms with Gasteiger partial charge in [-0.1, -0.05) is 44.0 Å². The maximum Gasteiger partial charge on any atom is 0.237 e. The number of imide groups is 1. The molecule has 3 unspecified atom stereocenters. The Labute approximate surface area is 133 Å². The number of carbonyl (C=O) groups is 2. The van der Waals surface area contributed by atoms with Gasteiger partial charge in [0.2, 0.25) is 11.8 Å². The standard InChI is InChI=1S/C14H14Br2N2O2/c15-9-5-7-8(6-10(9)16)14(20)18(13(7)19)12-4-2-1-3-11(12)17/h1-4,7-10H,5-6,17H2/t7?,8?,9-,10?/m0/s1. The molecule has 2 fully saturated rings. The minimum Gasteiger partial charge on any atom is -0.397 e. The number of alkyl halides is 2. The fourth-order valence-corrected chi connectivity index (χ4v) is 4.26. The van der Waals surface area contributed by atoms with Crippen LogP contribution in [-0.4, -0.2) is 21.5 Å². The second kappa shape index (κ2) is 5.15. The number of carbonyl (C=O) groups excluding carboxylic acids is 2. The van der Waals surface area contributed by atoms with Crippen molar-refractivity contribution in [2.75, 3.05) is 10.6 Å². The molecule has 1 aliphatic heterocycles. The van der Waals surface area contributed by atoms with Crippen LogP contribution in [0.15, 0.2) is 24.3 Å². The topological polar surface area (TPSA) is 63.4 Å². The van der Waals surface area contributed by atoms with Gasteiger partial charge < -0.3 is 5.73 Å². The Morgan fingerprint density at radius 1 is 1.00 bits per heavy atom. The van der Waals surface area contributed by atoms with Gasteiger partial charge in [-0.2, -0.15) is 0 Å². The first-order chi connectivity index (χ1) is 9.50. The molecule has 0 bridgehead atoms. The molecule has 1 heterocycles. The summed E-state index contributed by atoms with van der Waals surface area (Å²) in [4.78, 5) is 26.8. The van der Waals surface area contributed by atoms with E-state index < -0.39 is 0 Å². The molecule has 1 saturated carbocycles. The molecule has 0 spiro atoms. The van der Waals surface area contributed by atoms with Crippen molar-refractivity contribution in [1.82, 2.24) is 0 Å². The summed E-state index contributed by atoms with van der Waals surface area (Å²) < 4.78 is 0. The first kappa shape index (κ1) is 14.1. The molecule has 0 radical (unpaired) electrons. The number of rotatable bonds is 1. The van der Waals surface area contributed by atoms with Crippen molar-refractivity contribution in [3.05, 3.63) is 24.3 Å². The van der Waals surface area contributed by atoms with Crippen molar-refractivity contribution in [1.29, 1.82) is 0 Å². The molecule has 4 atom stereocenters. The smallest absolute Gasteiger partial charge is 0.237 e. The third kappa shape index (κ3) is 2.09. The highest BCUT2D eigenvalue weighted by molar-refractivity contribution is 9.12. The number of hydrogen-bond donors (Lipinski definition) is 1. The molecule has 3 rings (SSSR count). The summed E-state index contributed by atoms with van der Waals surface area (Å²) in [6, 6.07) is 7.01. The zero-order valence-corrected chi connectivity index (χ0v) is 13.8. The number of nitrogen functional groups attached to an aromatic ring is 1. The van der Waals surface area contributed by atoms with Crippen molar-refractivity contribution in [3.8, 4) is 0 Å². The number of anilines is 2. The molecule has 106 valence electrons. The number of nitrogens with zero attached hydrogens (tertiary/aromatic N) is 1. The van der Waals surface area contributed by atoms with E-state index in [9.17, 15) is 9.59 Å². The minimum atomic E-state index is -0.236. The number of halogens is 2. The minimum absolute atomic E-state index is 0.123. The summed E-state index contributed by atoms with van der Waals surface area (Å²) in [7, 11) is 0. The molecule has 6 heteroatoms. The van der Waals surface area contributed by atoms with E-state index in [0.717, 1.165) is 0 Å². The van der Waals surface area contributed by atoms with Gasteiger partial charge in [0.1, 0.15) is 0 Å². The van der Waals surface area contributed by atoms with Crippen LogP contribution in [0.2, 0.25) is 0 Å². The van der Waals surface area contributed by atoms with Gasteiger partial charge in [0.25, 0.3) is 0 Å². The average molecular weight is 402 g/mol. The SMILES string of the molecule is Nc1ccccc1N1C(=O)C2CC(Br)[C@@H](Br)CC2C1=O. The Bertz CT molecular complexity index is 550. The van der Waals surface area contributed by atoms with Crippen LogP contribution in [0.5, 0.6) is 0 Å². The first-order valence-corrected chi connectivity index (χ1v) is 8.34. The fraction of sp³-hybridized carbons (Fsp3) is 0.429. The Kier molecular flexibility index (Phi) is 3.62. The molecule has 1 saturated heterocycles. The van der Waals surface area contributed by atoms with Crippen LogP contribution < -0.4 is 10.6 Å². The van der Waals surface area contributed by atoms with Gasteiger partial charge in [0, 0.05) is 9.65 Å². The molecule has 1 aliphatic carbocycles. The molecular weight excluding hydrogens is 388 g/mol. The van der Waals surface area contributed by atoms with Crippen LogP contribution in [-0.2, 0) is 9.59 Å². The molecule has 1 aromatic carbocycles. The lowest BCUT2D eigenvalue weighted by Gasteiger charge is -2.29. The van der Waals surface area contributed by atoms with Crippen LogP contribution >= 0.6 is 31.9 Å². The molecule has 1 aromatic rings. The van der Waals surface area contributed by atoms with Gasteiger partial charge >= 0.3 is 0 Å². The normalized spacial score (nSPS) is 33.4. The molecule has 2 amide bonds. The van der Waals surface area contributed by atoms with E-state index in [0.29, 0.717) is 24.2 Å². The number of nitrogens with two attached hydrogens (primary N) is 1. The number of hydrogen-bond acceptors (Lipinski definition) is 3. The van der Waals surface area contributed by atoms with Crippen LogP contribution in [0.4, 0.5) is 11.4 Å². The van der Waals surface area contributed by atoms with Crippen molar-refractivity contribution < 1.29 is 9.59 Å². The predicted molar refractivity (Wildman–Crippen MR) is 85.0 cm³/mol. The second-order valence-electron chi connectivity index (χ2n) is 5.29. The van der Waals surface area contributed by atoms with E-state index in [1.807, 2.05) is 0 Å². The zero-order chi connectivity index (χ0) is 14.4. The lowest BCUT2D eigenvalue weighted by Crippen LogP contribution is -2.34. The summed E-state index contributed by atoms with van der Waals surface area (Å²) in [6.07, 6.45) is 1.35. The summed E-state index contributed by atoms with van der Waals surface area (Å²) in [5.41, 5.74) is 6.87. The Morgan fingerprint density at radius 3 is 2.00 bits per heavy atom. The number of para-hydroxylation sites is 2. The largest absolute Gasteiger partial charge is 0.397 e. The summed E-state index contributed by atoms with van der Waals surface area (Å²) in [6.45, 7) is 0. The fourth-order valence-electron chi connectivity index (χ4n) is 3.02. The van der Waals surface area contributed by atoms with Gasteiger partial charge in [-0.15, -0.1) is 0 Å². The summed E-state index contributed by atoms with van der Waals surface area (Å²) >= 11 is 7.15. The van der Waals surface area contributed by atoms with Gasteiger partial charge in [-0.05, 0) is 25.0 Å².